The van der Waals surface area contributed by atoms with Gasteiger partial charge >= 0.3 is 0 Å². The second-order valence-electron chi connectivity index (χ2n) is 10.0. The molecule has 0 unspecified atom stereocenters. The van der Waals surface area contributed by atoms with Gasteiger partial charge in [-0.25, -0.2) is 0 Å². The Morgan fingerprint density at radius 2 is 1.79 bits per heavy atom. The molecule has 3 heterocycles. The van der Waals surface area contributed by atoms with E-state index in [9.17, 15) is 14.4 Å². The van der Waals surface area contributed by atoms with Crippen LogP contribution in [-0.2, 0) is 40.4 Å². The van der Waals surface area contributed by atoms with Crippen molar-refractivity contribution in [2.45, 2.75) is 51.0 Å². The van der Waals surface area contributed by atoms with E-state index in [1.807, 2.05) is 54.6 Å². The standard InChI is InChI=1S/C28H32ClN7O3/c29-22-9-4-8-21(14-22)17-34-12-13-36-25(19-34)27(38)30-16-23-18-35(33-32-23)11-5-10-26(37)31-24(28(36)39)15-20-6-2-1-3-7-20/h1-4,6-9,14,18,24-25H,5,10-13,15-17,19H2,(H,30,38)(H,31,37)/t24-,25+/m0/s1. The fourth-order valence-corrected chi connectivity index (χ4v) is 5.32. The van der Waals surface area contributed by atoms with Gasteiger partial charge in [0, 0.05) is 50.6 Å². The summed E-state index contributed by atoms with van der Waals surface area (Å²) in [7, 11) is 0. The van der Waals surface area contributed by atoms with Crippen molar-refractivity contribution < 1.29 is 14.4 Å². The Kier molecular flexibility index (Phi) is 8.53. The molecule has 3 amide bonds. The maximum Gasteiger partial charge on any atom is 0.246 e. The number of benzene rings is 2. The third-order valence-electron chi connectivity index (χ3n) is 7.08. The van der Waals surface area contributed by atoms with Gasteiger partial charge in [-0.1, -0.05) is 59.3 Å². The highest BCUT2D eigenvalue weighted by atomic mass is 35.5. The van der Waals surface area contributed by atoms with Crippen LogP contribution in [0.15, 0.2) is 60.8 Å². The molecule has 11 heteroatoms. The average molecular weight is 550 g/mol. The van der Waals surface area contributed by atoms with Gasteiger partial charge in [0.25, 0.3) is 0 Å². The number of hydrogen-bond acceptors (Lipinski definition) is 6. The molecule has 10 nitrogen and oxygen atoms in total. The number of nitrogens with zero attached hydrogens (tertiary/aromatic N) is 5. The molecule has 2 aliphatic rings. The van der Waals surface area contributed by atoms with Crippen LogP contribution in [0.3, 0.4) is 0 Å². The first-order valence-corrected chi connectivity index (χ1v) is 13.6. The van der Waals surface area contributed by atoms with Crippen molar-refractivity contribution in [1.29, 1.82) is 0 Å². The van der Waals surface area contributed by atoms with Crippen molar-refractivity contribution in [2.24, 2.45) is 0 Å². The fourth-order valence-electron chi connectivity index (χ4n) is 5.11. The minimum Gasteiger partial charge on any atom is -0.348 e. The number of amides is 3. The summed E-state index contributed by atoms with van der Waals surface area (Å²) in [6.45, 7) is 2.61. The van der Waals surface area contributed by atoms with Crippen molar-refractivity contribution in [2.75, 3.05) is 19.6 Å². The van der Waals surface area contributed by atoms with Crippen LogP contribution in [0.4, 0.5) is 0 Å². The first-order valence-electron chi connectivity index (χ1n) is 13.2. The second-order valence-corrected chi connectivity index (χ2v) is 10.5. The molecule has 2 atom stereocenters. The lowest BCUT2D eigenvalue weighted by Gasteiger charge is -2.42. The summed E-state index contributed by atoms with van der Waals surface area (Å²) < 4.78 is 1.67. The zero-order valence-electron chi connectivity index (χ0n) is 21.6. The Labute approximate surface area is 232 Å². The summed E-state index contributed by atoms with van der Waals surface area (Å²) in [6.07, 6.45) is 2.92. The summed E-state index contributed by atoms with van der Waals surface area (Å²) in [4.78, 5) is 44.2. The molecule has 0 radical (unpaired) electrons. The summed E-state index contributed by atoms with van der Waals surface area (Å²) >= 11 is 6.18. The maximum absolute atomic E-state index is 14.0. The number of piperazine rings is 1. The predicted octanol–water partition coefficient (Wildman–Crippen LogP) is 1.78. The Hall–Kier alpha value is -3.76. The molecule has 0 aliphatic carbocycles. The van der Waals surface area contributed by atoms with Crippen LogP contribution >= 0.6 is 11.6 Å². The molecule has 1 saturated heterocycles. The molecule has 39 heavy (non-hydrogen) atoms. The van der Waals surface area contributed by atoms with E-state index in [4.69, 9.17) is 11.6 Å². The molecule has 2 aliphatic heterocycles. The second kappa shape index (κ2) is 12.4. The number of carbonyl (C=O) groups is 3. The van der Waals surface area contributed by atoms with Gasteiger partial charge in [0.05, 0.1) is 12.7 Å². The summed E-state index contributed by atoms with van der Waals surface area (Å²) in [5, 5.41) is 14.8. The van der Waals surface area contributed by atoms with E-state index in [0.29, 0.717) is 56.3 Å². The van der Waals surface area contributed by atoms with E-state index in [1.54, 1.807) is 15.8 Å². The largest absolute Gasteiger partial charge is 0.348 e. The van der Waals surface area contributed by atoms with Crippen LogP contribution in [0, 0.1) is 0 Å². The fraction of sp³-hybridized carbons (Fsp3) is 0.393. The van der Waals surface area contributed by atoms with E-state index in [2.05, 4.69) is 25.8 Å². The van der Waals surface area contributed by atoms with Crippen molar-refractivity contribution in [1.82, 2.24) is 35.4 Å². The number of hydrogen-bond donors (Lipinski definition) is 2. The lowest BCUT2D eigenvalue weighted by Crippen LogP contribution is -2.63. The Balaban J connectivity index is 1.41. The lowest BCUT2D eigenvalue weighted by molar-refractivity contribution is -0.146. The Bertz CT molecular complexity index is 1320. The SMILES string of the molecule is O=C1CCCn2cc(nn2)CNC(=O)[C@H]2CN(Cc3cccc(Cl)c3)CCN2C(=O)[C@H](Cc2ccccc2)N1. The molecule has 1 aromatic heterocycles. The average Bonchev–Trinajstić information content (AvgIpc) is 3.39. The zero-order valence-corrected chi connectivity index (χ0v) is 22.4. The number of aryl methyl sites for hydroxylation is 1. The molecular formula is C28H32ClN7O3. The number of nitrogens with one attached hydrogen (secondary N) is 2. The third kappa shape index (κ3) is 7.01. The number of carbonyl (C=O) groups excluding carboxylic acids is 3. The number of rotatable bonds is 4. The van der Waals surface area contributed by atoms with Gasteiger partial charge in [0.1, 0.15) is 17.8 Å². The van der Waals surface area contributed by atoms with Gasteiger partial charge in [-0.2, -0.15) is 0 Å². The molecule has 5 rings (SSSR count). The molecule has 2 aromatic carbocycles. The molecule has 2 bridgehead atoms. The highest BCUT2D eigenvalue weighted by molar-refractivity contribution is 6.30. The molecular weight excluding hydrogens is 518 g/mol. The summed E-state index contributed by atoms with van der Waals surface area (Å²) in [5.41, 5.74) is 2.59. The Morgan fingerprint density at radius 1 is 0.974 bits per heavy atom. The van der Waals surface area contributed by atoms with E-state index >= 15 is 0 Å². The van der Waals surface area contributed by atoms with Crippen LogP contribution in [0.2, 0.25) is 5.02 Å². The first-order chi connectivity index (χ1) is 18.9. The van der Waals surface area contributed by atoms with Gasteiger partial charge < -0.3 is 15.5 Å². The molecule has 1 fully saturated rings. The summed E-state index contributed by atoms with van der Waals surface area (Å²) in [5.74, 6) is -0.734. The smallest absolute Gasteiger partial charge is 0.246 e. The number of aromatic nitrogens is 3. The van der Waals surface area contributed by atoms with Crippen molar-refractivity contribution in [3.63, 3.8) is 0 Å². The monoisotopic (exact) mass is 549 g/mol. The van der Waals surface area contributed by atoms with Crippen LogP contribution in [0.1, 0.15) is 29.7 Å². The molecule has 0 saturated carbocycles. The van der Waals surface area contributed by atoms with Crippen molar-refractivity contribution in [3.8, 4) is 0 Å². The molecule has 204 valence electrons. The van der Waals surface area contributed by atoms with Gasteiger partial charge in [-0.3, -0.25) is 24.0 Å². The highest BCUT2D eigenvalue weighted by Gasteiger charge is 2.38. The van der Waals surface area contributed by atoms with Gasteiger partial charge in [0.15, 0.2) is 0 Å². The van der Waals surface area contributed by atoms with Crippen molar-refractivity contribution in [3.05, 3.63) is 82.6 Å². The lowest BCUT2D eigenvalue weighted by atomic mass is 10.0. The minimum atomic E-state index is -0.780. The van der Waals surface area contributed by atoms with Crippen LogP contribution in [-0.4, -0.2) is 74.2 Å². The first kappa shape index (κ1) is 26.8. The zero-order chi connectivity index (χ0) is 27.2. The number of halogens is 1. The molecule has 2 N–H and O–H groups in total. The van der Waals surface area contributed by atoms with Gasteiger partial charge in [-0.15, -0.1) is 5.10 Å². The van der Waals surface area contributed by atoms with E-state index in [-0.39, 0.29) is 30.7 Å². The van der Waals surface area contributed by atoms with E-state index in [0.717, 1.165) is 11.1 Å². The normalized spacial score (nSPS) is 21.4. The van der Waals surface area contributed by atoms with Crippen LogP contribution in [0.25, 0.3) is 0 Å². The Morgan fingerprint density at radius 3 is 2.62 bits per heavy atom. The predicted molar refractivity (Wildman–Crippen MR) is 145 cm³/mol. The molecule has 0 spiro atoms. The summed E-state index contributed by atoms with van der Waals surface area (Å²) in [6, 6.07) is 15.7. The highest BCUT2D eigenvalue weighted by Crippen LogP contribution is 2.19. The van der Waals surface area contributed by atoms with E-state index in [1.165, 1.54) is 0 Å². The maximum atomic E-state index is 14.0. The quantitative estimate of drug-likeness (QED) is 0.513. The number of fused-ring (bicyclic) bond motifs is 3. The van der Waals surface area contributed by atoms with Crippen LogP contribution in [0.5, 0.6) is 0 Å². The third-order valence-corrected chi connectivity index (χ3v) is 7.32. The van der Waals surface area contributed by atoms with E-state index < -0.39 is 12.1 Å². The minimum absolute atomic E-state index is 0.205. The van der Waals surface area contributed by atoms with Gasteiger partial charge in [-0.05, 0) is 29.7 Å². The van der Waals surface area contributed by atoms with Crippen LogP contribution < -0.4 is 10.6 Å². The molecule has 3 aromatic rings. The van der Waals surface area contributed by atoms with Gasteiger partial charge in [0.2, 0.25) is 17.7 Å². The topological polar surface area (TPSA) is 112 Å². The van der Waals surface area contributed by atoms with Crippen molar-refractivity contribution >= 4 is 29.3 Å².